The molecule has 3 aliphatic rings. The minimum atomic E-state index is -0.406. The molecular weight excluding hydrogens is 422 g/mol. The van der Waals surface area contributed by atoms with Gasteiger partial charge in [0, 0.05) is 31.5 Å². The fraction of sp³-hybridized carbons (Fsp3) is 0.414. The normalized spacial score (nSPS) is 18.9. The summed E-state index contributed by atoms with van der Waals surface area (Å²) in [7, 11) is 0. The number of benzene rings is 2. The third-order valence-electron chi connectivity index (χ3n) is 7.81. The topological polar surface area (TPSA) is 55.3 Å². The van der Waals surface area contributed by atoms with Crippen molar-refractivity contribution in [3.8, 4) is 17.0 Å². The number of aryl methyl sites for hydroxylation is 4. The first-order valence-electron chi connectivity index (χ1n) is 12.5. The molecule has 0 radical (unpaired) electrons. The number of carbonyl (C=O) groups is 1. The van der Waals surface area contributed by atoms with E-state index < -0.39 is 5.60 Å². The average Bonchev–Trinajstić information content (AvgIpc) is 2.85. The number of fused-ring (bicyclic) bond motifs is 2. The van der Waals surface area contributed by atoms with Crippen LogP contribution in [0.1, 0.15) is 64.7 Å². The van der Waals surface area contributed by atoms with Gasteiger partial charge in [0.25, 0.3) is 0 Å². The molecule has 1 spiro atoms. The van der Waals surface area contributed by atoms with E-state index >= 15 is 0 Å². The van der Waals surface area contributed by atoms with Gasteiger partial charge in [-0.25, -0.2) is 0 Å². The van der Waals surface area contributed by atoms with Crippen molar-refractivity contribution >= 4 is 11.6 Å². The zero-order chi connectivity index (χ0) is 23.3. The van der Waals surface area contributed by atoms with Gasteiger partial charge in [-0.2, -0.15) is 0 Å². The first-order chi connectivity index (χ1) is 16.5. The van der Waals surface area contributed by atoms with Gasteiger partial charge in [-0.1, -0.05) is 18.2 Å². The van der Waals surface area contributed by atoms with Crippen LogP contribution in [0.5, 0.6) is 5.75 Å². The van der Waals surface area contributed by atoms with Crippen molar-refractivity contribution in [1.82, 2.24) is 10.2 Å². The largest absolute Gasteiger partial charge is 0.486 e. The summed E-state index contributed by atoms with van der Waals surface area (Å²) in [5.41, 5.74) is 7.52. The summed E-state index contributed by atoms with van der Waals surface area (Å²) in [5, 5.41) is 9.13. The van der Waals surface area contributed by atoms with Gasteiger partial charge in [-0.05, 0) is 86.1 Å². The third kappa shape index (κ3) is 3.77. The van der Waals surface area contributed by atoms with Crippen molar-refractivity contribution in [1.29, 1.82) is 0 Å². The van der Waals surface area contributed by atoms with Crippen molar-refractivity contribution in [2.75, 3.05) is 18.0 Å². The quantitative estimate of drug-likeness (QED) is 0.502. The van der Waals surface area contributed by atoms with Gasteiger partial charge in [-0.3, -0.25) is 4.79 Å². The number of hydrogen-bond donors (Lipinski definition) is 0. The Morgan fingerprint density at radius 3 is 2.47 bits per heavy atom. The molecule has 1 aliphatic carbocycles. The van der Waals surface area contributed by atoms with Crippen LogP contribution in [0.15, 0.2) is 42.5 Å². The number of Topliss-reactive ketones (excluding diaryl/α,β-unsaturated/α-hetero) is 1. The smallest absolute Gasteiger partial charge is 0.170 e. The van der Waals surface area contributed by atoms with Crippen LogP contribution >= 0.6 is 0 Å². The van der Waals surface area contributed by atoms with Crippen molar-refractivity contribution in [3.05, 3.63) is 70.3 Å². The molecule has 3 aromatic rings. The lowest BCUT2D eigenvalue weighted by atomic mass is 9.81. The molecule has 5 heteroatoms. The summed E-state index contributed by atoms with van der Waals surface area (Å²) in [4.78, 5) is 15.2. The van der Waals surface area contributed by atoms with Gasteiger partial charge in [-0.15, -0.1) is 10.2 Å². The van der Waals surface area contributed by atoms with E-state index in [0.717, 1.165) is 65.4 Å². The Bertz CT molecular complexity index is 1260. The molecule has 2 aromatic carbocycles. The highest BCUT2D eigenvalue weighted by molar-refractivity contribution is 6.01. The van der Waals surface area contributed by atoms with Crippen LogP contribution in [0, 0.1) is 13.8 Å². The number of rotatable bonds is 2. The van der Waals surface area contributed by atoms with Crippen LogP contribution in [0.4, 0.5) is 5.82 Å². The van der Waals surface area contributed by atoms with E-state index in [4.69, 9.17) is 4.74 Å². The zero-order valence-corrected chi connectivity index (χ0v) is 20.1. The van der Waals surface area contributed by atoms with Crippen LogP contribution in [0.2, 0.25) is 0 Å². The van der Waals surface area contributed by atoms with Crippen LogP contribution in [-0.2, 0) is 12.8 Å². The van der Waals surface area contributed by atoms with Crippen molar-refractivity contribution < 1.29 is 9.53 Å². The molecule has 6 rings (SSSR count). The Morgan fingerprint density at radius 1 is 0.912 bits per heavy atom. The predicted molar refractivity (Wildman–Crippen MR) is 134 cm³/mol. The molecule has 5 nitrogen and oxygen atoms in total. The summed E-state index contributed by atoms with van der Waals surface area (Å²) in [6.45, 7) is 5.68. The van der Waals surface area contributed by atoms with Crippen molar-refractivity contribution in [2.45, 2.75) is 64.4 Å². The molecule has 2 aliphatic heterocycles. The van der Waals surface area contributed by atoms with Crippen LogP contribution < -0.4 is 9.64 Å². The zero-order valence-electron chi connectivity index (χ0n) is 20.1. The fourth-order valence-electron chi connectivity index (χ4n) is 5.90. The van der Waals surface area contributed by atoms with E-state index in [-0.39, 0.29) is 5.78 Å². The first kappa shape index (κ1) is 21.3. The third-order valence-corrected chi connectivity index (χ3v) is 7.81. The van der Waals surface area contributed by atoms with Gasteiger partial charge in [0.2, 0.25) is 0 Å². The van der Waals surface area contributed by atoms with Gasteiger partial charge >= 0.3 is 0 Å². The second-order valence-electron chi connectivity index (χ2n) is 10.3. The van der Waals surface area contributed by atoms with Crippen molar-refractivity contribution in [2.24, 2.45) is 0 Å². The molecule has 0 atom stereocenters. The van der Waals surface area contributed by atoms with Gasteiger partial charge < -0.3 is 9.64 Å². The molecule has 0 N–H and O–H groups in total. The molecule has 1 saturated heterocycles. The van der Waals surface area contributed by atoms with Crippen molar-refractivity contribution in [3.63, 3.8) is 0 Å². The predicted octanol–water partition coefficient (Wildman–Crippen LogP) is 5.64. The number of ketones is 1. The molecule has 1 aromatic heterocycles. The molecule has 0 amide bonds. The number of piperidine rings is 1. The van der Waals surface area contributed by atoms with Gasteiger partial charge in [0.1, 0.15) is 11.4 Å². The van der Waals surface area contributed by atoms with E-state index in [9.17, 15) is 4.79 Å². The molecule has 0 unspecified atom stereocenters. The first-order valence-corrected chi connectivity index (χ1v) is 12.5. The van der Waals surface area contributed by atoms with Crippen LogP contribution in [-0.4, -0.2) is 34.7 Å². The molecular formula is C29H31N3O2. The molecule has 34 heavy (non-hydrogen) atoms. The minimum Gasteiger partial charge on any atom is -0.486 e. The van der Waals surface area contributed by atoms with E-state index in [1.165, 1.54) is 36.8 Å². The summed E-state index contributed by atoms with van der Waals surface area (Å²) in [5.74, 6) is 1.88. The molecule has 0 bridgehead atoms. The highest BCUT2D eigenvalue weighted by Crippen LogP contribution is 2.42. The SMILES string of the molecule is Cc1cc(C)c2c(c1)C(=O)CC1(CCN(c3ccc(-c4ccc5c(c4)CCCC5)nn3)CC1)O2. The fourth-order valence-corrected chi connectivity index (χ4v) is 5.90. The lowest BCUT2D eigenvalue weighted by Gasteiger charge is -2.44. The highest BCUT2D eigenvalue weighted by Gasteiger charge is 2.43. The summed E-state index contributed by atoms with van der Waals surface area (Å²) in [6.07, 6.45) is 6.99. The molecule has 1 fully saturated rings. The Morgan fingerprint density at radius 2 is 1.71 bits per heavy atom. The van der Waals surface area contributed by atoms with E-state index in [1.807, 2.05) is 19.9 Å². The second kappa shape index (κ2) is 8.23. The number of ether oxygens (including phenoxy) is 1. The monoisotopic (exact) mass is 453 g/mol. The summed E-state index contributed by atoms with van der Waals surface area (Å²) in [6, 6.07) is 15.0. The summed E-state index contributed by atoms with van der Waals surface area (Å²) >= 11 is 0. The average molecular weight is 454 g/mol. The lowest BCUT2D eigenvalue weighted by molar-refractivity contribution is 0.0225. The Balaban J connectivity index is 1.16. The minimum absolute atomic E-state index is 0.204. The lowest BCUT2D eigenvalue weighted by Crippen LogP contribution is -2.51. The number of anilines is 1. The maximum atomic E-state index is 13.0. The summed E-state index contributed by atoms with van der Waals surface area (Å²) < 4.78 is 6.54. The standard InChI is InChI=1S/C29H31N3O2/c1-19-15-20(2)28-24(16-19)26(33)18-29(34-28)11-13-32(14-12-29)27-10-9-25(30-31-27)23-8-7-21-5-3-4-6-22(21)17-23/h7-10,15-17H,3-6,11-14,18H2,1-2H3. The molecule has 3 heterocycles. The van der Waals surface area contributed by atoms with Gasteiger partial charge in [0.15, 0.2) is 11.6 Å². The highest BCUT2D eigenvalue weighted by atomic mass is 16.5. The Labute approximate surface area is 201 Å². The van der Waals surface area contributed by atoms with Crippen LogP contribution in [0.3, 0.4) is 0 Å². The Kier molecular flexibility index (Phi) is 5.16. The van der Waals surface area contributed by atoms with E-state index in [1.54, 1.807) is 0 Å². The number of carbonyl (C=O) groups excluding carboxylic acids is 1. The van der Waals surface area contributed by atoms with Gasteiger partial charge in [0.05, 0.1) is 17.7 Å². The maximum absolute atomic E-state index is 13.0. The molecule has 0 saturated carbocycles. The van der Waals surface area contributed by atoms with Crippen LogP contribution in [0.25, 0.3) is 11.3 Å². The van der Waals surface area contributed by atoms with E-state index in [2.05, 4.69) is 51.5 Å². The Hall–Kier alpha value is -3.21. The van der Waals surface area contributed by atoms with E-state index in [0.29, 0.717) is 6.42 Å². The number of nitrogens with zero attached hydrogens (tertiary/aromatic N) is 3. The number of aromatic nitrogens is 2. The molecule has 174 valence electrons. The second-order valence-corrected chi connectivity index (χ2v) is 10.3. The number of hydrogen-bond acceptors (Lipinski definition) is 5. The maximum Gasteiger partial charge on any atom is 0.170 e.